The first-order valence-corrected chi connectivity index (χ1v) is 9.79. The maximum Gasteiger partial charge on any atom is 0.0704 e. The van der Waals surface area contributed by atoms with Gasteiger partial charge in [-0.05, 0) is 65.7 Å². The lowest BCUT2D eigenvalue weighted by molar-refractivity contribution is 0.447. The average molecular weight is 358 g/mol. The van der Waals surface area contributed by atoms with Gasteiger partial charge in [-0.3, -0.25) is 0 Å². The van der Waals surface area contributed by atoms with E-state index in [4.69, 9.17) is 0 Å². The number of thiophene rings is 1. The van der Waals surface area contributed by atoms with E-state index in [1.807, 2.05) is 11.3 Å². The minimum absolute atomic E-state index is 0.608. The molecular formula is C17H28BrNS. The molecule has 1 heterocycles. The zero-order valence-electron chi connectivity index (χ0n) is 12.9. The van der Waals surface area contributed by atoms with Gasteiger partial charge >= 0.3 is 0 Å². The molecule has 0 fully saturated rings. The highest BCUT2D eigenvalue weighted by Gasteiger charge is 2.21. The lowest BCUT2D eigenvalue weighted by Gasteiger charge is -2.23. The zero-order chi connectivity index (χ0) is 14.4. The fourth-order valence-electron chi connectivity index (χ4n) is 3.04. The maximum atomic E-state index is 3.78. The number of aryl methyl sites for hydroxylation is 1. The maximum absolute atomic E-state index is 3.78. The molecule has 20 heavy (non-hydrogen) atoms. The van der Waals surface area contributed by atoms with Crippen LogP contribution in [0.4, 0.5) is 0 Å². The summed E-state index contributed by atoms with van der Waals surface area (Å²) in [5.41, 5.74) is 1.56. The Balaban J connectivity index is 1.63. The monoisotopic (exact) mass is 357 g/mol. The van der Waals surface area contributed by atoms with E-state index in [0.29, 0.717) is 6.04 Å². The van der Waals surface area contributed by atoms with Crippen molar-refractivity contribution in [3.05, 3.63) is 20.3 Å². The first-order chi connectivity index (χ1) is 9.66. The topological polar surface area (TPSA) is 12.0 Å². The molecule has 0 radical (unpaired) electrons. The molecular weight excluding hydrogens is 330 g/mol. The van der Waals surface area contributed by atoms with Crippen LogP contribution in [0.5, 0.6) is 0 Å². The van der Waals surface area contributed by atoms with E-state index < -0.39 is 0 Å². The van der Waals surface area contributed by atoms with Gasteiger partial charge in [-0.25, -0.2) is 0 Å². The normalized spacial score (nSPS) is 18.5. The molecule has 1 aliphatic rings. The van der Waals surface area contributed by atoms with Crippen LogP contribution in [0.25, 0.3) is 0 Å². The molecule has 0 spiro atoms. The van der Waals surface area contributed by atoms with Crippen molar-refractivity contribution >= 4 is 27.3 Å². The number of nitrogens with one attached hydrogen (secondary N) is 1. The van der Waals surface area contributed by atoms with Gasteiger partial charge in [-0.1, -0.05) is 39.5 Å². The van der Waals surface area contributed by atoms with Gasteiger partial charge in [0.1, 0.15) is 0 Å². The number of unbranched alkanes of at least 4 members (excludes halogenated alkanes) is 3. The lowest BCUT2D eigenvalue weighted by atomic mass is 9.94. The highest BCUT2D eigenvalue weighted by atomic mass is 79.9. The molecule has 0 bridgehead atoms. The van der Waals surface area contributed by atoms with Crippen LogP contribution < -0.4 is 5.32 Å². The van der Waals surface area contributed by atoms with E-state index in [2.05, 4.69) is 41.2 Å². The first kappa shape index (κ1) is 16.5. The summed E-state index contributed by atoms with van der Waals surface area (Å²) < 4.78 is 1.30. The second kappa shape index (κ2) is 8.55. The van der Waals surface area contributed by atoms with Gasteiger partial charge in [0.2, 0.25) is 0 Å². The molecule has 1 unspecified atom stereocenters. The number of hydrogen-bond donors (Lipinski definition) is 1. The van der Waals surface area contributed by atoms with Crippen molar-refractivity contribution in [2.45, 2.75) is 71.3 Å². The third-order valence-corrected chi connectivity index (χ3v) is 5.90. The van der Waals surface area contributed by atoms with Crippen molar-refractivity contribution in [2.24, 2.45) is 5.92 Å². The van der Waals surface area contributed by atoms with Gasteiger partial charge in [0.25, 0.3) is 0 Å². The molecule has 1 N–H and O–H groups in total. The predicted molar refractivity (Wildman–Crippen MR) is 93.6 cm³/mol. The molecule has 1 aromatic heterocycles. The van der Waals surface area contributed by atoms with Crippen molar-refractivity contribution < 1.29 is 0 Å². The summed E-state index contributed by atoms with van der Waals surface area (Å²) in [5.74, 6) is 0.867. The van der Waals surface area contributed by atoms with E-state index in [1.54, 1.807) is 10.4 Å². The summed E-state index contributed by atoms with van der Waals surface area (Å²) in [6.45, 7) is 5.82. The number of fused-ring (bicyclic) bond motifs is 1. The second-order valence-corrected chi connectivity index (χ2v) is 8.94. The Morgan fingerprint density at radius 1 is 1.30 bits per heavy atom. The highest BCUT2D eigenvalue weighted by Crippen LogP contribution is 2.37. The van der Waals surface area contributed by atoms with Crippen molar-refractivity contribution in [2.75, 3.05) is 6.54 Å². The number of hydrogen-bond acceptors (Lipinski definition) is 2. The summed E-state index contributed by atoms with van der Waals surface area (Å²) >= 11 is 5.56. The molecule has 0 aliphatic heterocycles. The number of halogens is 1. The van der Waals surface area contributed by atoms with Gasteiger partial charge in [0.05, 0.1) is 3.79 Å². The van der Waals surface area contributed by atoms with Crippen LogP contribution in [0.15, 0.2) is 9.85 Å². The average Bonchev–Trinajstić information content (AvgIpc) is 2.78. The van der Waals surface area contributed by atoms with Crippen molar-refractivity contribution in [3.8, 4) is 0 Å². The summed E-state index contributed by atoms with van der Waals surface area (Å²) in [6, 6.07) is 2.94. The summed E-state index contributed by atoms with van der Waals surface area (Å²) in [5, 5.41) is 3.78. The molecule has 0 aromatic carbocycles. The fraction of sp³-hybridized carbons (Fsp3) is 0.765. The minimum atomic E-state index is 0.608. The standard InChI is InChI=1S/C17H28BrNS/c1-13(2)8-5-3-4-6-11-19-15-9-7-10-16-14(15)12-17(18)20-16/h12-13,15,19H,3-11H2,1-2H3. The number of rotatable bonds is 8. The van der Waals surface area contributed by atoms with Crippen LogP contribution >= 0.6 is 27.3 Å². The molecule has 1 aliphatic carbocycles. The van der Waals surface area contributed by atoms with Crippen LogP contribution in [0.2, 0.25) is 0 Å². The molecule has 114 valence electrons. The summed E-state index contributed by atoms with van der Waals surface area (Å²) in [4.78, 5) is 1.59. The van der Waals surface area contributed by atoms with E-state index in [1.165, 1.54) is 61.7 Å². The Kier molecular flexibility index (Phi) is 7.06. The van der Waals surface area contributed by atoms with Gasteiger partial charge < -0.3 is 5.32 Å². The largest absolute Gasteiger partial charge is 0.310 e. The van der Waals surface area contributed by atoms with E-state index >= 15 is 0 Å². The summed E-state index contributed by atoms with van der Waals surface area (Å²) in [7, 11) is 0. The molecule has 3 heteroatoms. The molecule has 1 atom stereocenters. The highest BCUT2D eigenvalue weighted by molar-refractivity contribution is 9.11. The van der Waals surface area contributed by atoms with Crippen LogP contribution in [0.1, 0.15) is 75.3 Å². The lowest BCUT2D eigenvalue weighted by Crippen LogP contribution is -2.25. The Labute approximate surface area is 136 Å². The fourth-order valence-corrected chi connectivity index (χ4v) is 4.86. The minimum Gasteiger partial charge on any atom is -0.310 e. The van der Waals surface area contributed by atoms with Gasteiger partial charge in [-0.15, -0.1) is 11.3 Å². The van der Waals surface area contributed by atoms with Crippen LogP contribution in [0, 0.1) is 5.92 Å². The van der Waals surface area contributed by atoms with Crippen LogP contribution in [0.3, 0.4) is 0 Å². The third kappa shape index (κ3) is 5.16. The quantitative estimate of drug-likeness (QED) is 0.555. The Hall–Kier alpha value is 0.140. The van der Waals surface area contributed by atoms with Crippen molar-refractivity contribution in [1.82, 2.24) is 5.32 Å². The van der Waals surface area contributed by atoms with E-state index in [9.17, 15) is 0 Å². The van der Waals surface area contributed by atoms with Gasteiger partial charge in [-0.2, -0.15) is 0 Å². The summed E-state index contributed by atoms with van der Waals surface area (Å²) in [6.07, 6.45) is 10.8. The molecule has 0 saturated heterocycles. The molecule has 1 aromatic rings. The molecule has 0 saturated carbocycles. The molecule has 1 nitrogen and oxygen atoms in total. The SMILES string of the molecule is CC(C)CCCCCCNC1CCCc2sc(Br)cc21. The van der Waals surface area contributed by atoms with E-state index in [-0.39, 0.29) is 0 Å². The van der Waals surface area contributed by atoms with E-state index in [0.717, 1.165) is 5.92 Å². The predicted octanol–water partition coefficient (Wildman–Crippen LogP) is 6.08. The van der Waals surface area contributed by atoms with Gasteiger partial charge in [0.15, 0.2) is 0 Å². The zero-order valence-corrected chi connectivity index (χ0v) is 15.3. The smallest absolute Gasteiger partial charge is 0.0704 e. The second-order valence-electron chi connectivity index (χ2n) is 6.42. The Morgan fingerprint density at radius 2 is 2.10 bits per heavy atom. The van der Waals surface area contributed by atoms with Crippen molar-refractivity contribution in [3.63, 3.8) is 0 Å². The van der Waals surface area contributed by atoms with Gasteiger partial charge in [0, 0.05) is 10.9 Å². The Morgan fingerprint density at radius 3 is 2.90 bits per heavy atom. The first-order valence-electron chi connectivity index (χ1n) is 8.18. The van der Waals surface area contributed by atoms with Crippen LogP contribution in [-0.2, 0) is 6.42 Å². The molecule has 2 rings (SSSR count). The molecule has 0 amide bonds. The Bertz CT molecular complexity index is 400. The van der Waals surface area contributed by atoms with Crippen LogP contribution in [-0.4, -0.2) is 6.54 Å². The van der Waals surface area contributed by atoms with Crippen molar-refractivity contribution in [1.29, 1.82) is 0 Å². The third-order valence-electron chi connectivity index (χ3n) is 4.18.